The molecular formula is C14H23NO3S. The van der Waals surface area contributed by atoms with Crippen LogP contribution in [-0.2, 0) is 10.8 Å². The van der Waals surface area contributed by atoms with E-state index in [4.69, 9.17) is 9.47 Å². The van der Waals surface area contributed by atoms with Crippen molar-refractivity contribution in [3.8, 4) is 11.5 Å². The largest absolute Gasteiger partial charge is 0.497 e. The van der Waals surface area contributed by atoms with Gasteiger partial charge in [-0.05, 0) is 26.0 Å². The Balaban J connectivity index is 2.60. The van der Waals surface area contributed by atoms with E-state index in [0.717, 1.165) is 35.8 Å². The number of methoxy groups -OCH3 is 2. The molecule has 2 unspecified atom stereocenters. The Morgan fingerprint density at radius 1 is 1.32 bits per heavy atom. The third kappa shape index (κ3) is 5.20. The lowest BCUT2D eigenvalue weighted by molar-refractivity contribution is 0.386. The number of hydrogen-bond donors (Lipinski definition) is 1. The highest BCUT2D eigenvalue weighted by atomic mass is 32.2. The maximum atomic E-state index is 11.0. The summed E-state index contributed by atoms with van der Waals surface area (Å²) >= 11 is 0. The summed E-state index contributed by atoms with van der Waals surface area (Å²) in [6.45, 7) is 2.93. The van der Waals surface area contributed by atoms with Gasteiger partial charge in [0.2, 0.25) is 0 Å². The van der Waals surface area contributed by atoms with Gasteiger partial charge in [-0.15, -0.1) is 0 Å². The highest BCUT2D eigenvalue weighted by Gasteiger charge is 2.11. The molecule has 4 nitrogen and oxygen atoms in total. The summed E-state index contributed by atoms with van der Waals surface area (Å²) in [5.41, 5.74) is 1.10. The van der Waals surface area contributed by atoms with Gasteiger partial charge < -0.3 is 14.8 Å². The van der Waals surface area contributed by atoms with Crippen molar-refractivity contribution >= 4 is 10.8 Å². The summed E-state index contributed by atoms with van der Waals surface area (Å²) in [6.07, 6.45) is 2.64. The first-order chi connectivity index (χ1) is 9.08. The number of rotatable bonds is 8. The Bertz CT molecular complexity index is 423. The highest BCUT2D eigenvalue weighted by Crippen LogP contribution is 2.29. The van der Waals surface area contributed by atoms with Gasteiger partial charge in [0.1, 0.15) is 11.5 Å². The van der Waals surface area contributed by atoms with Crippen molar-refractivity contribution in [1.29, 1.82) is 0 Å². The molecule has 0 aromatic heterocycles. The molecule has 1 aromatic rings. The summed E-state index contributed by atoms with van der Waals surface area (Å²) in [6, 6.07) is 6.00. The van der Waals surface area contributed by atoms with Gasteiger partial charge in [0, 0.05) is 40.5 Å². The molecule has 0 heterocycles. The monoisotopic (exact) mass is 285 g/mol. The van der Waals surface area contributed by atoms with Crippen LogP contribution < -0.4 is 14.8 Å². The Hall–Kier alpha value is -1.07. The number of benzene rings is 1. The first-order valence-corrected chi connectivity index (χ1v) is 8.06. The molecule has 1 aromatic carbocycles. The zero-order chi connectivity index (χ0) is 14.3. The maximum absolute atomic E-state index is 11.0. The molecule has 0 spiro atoms. The van der Waals surface area contributed by atoms with E-state index in [9.17, 15) is 4.21 Å². The third-order valence-corrected chi connectivity index (χ3v) is 3.83. The molecule has 0 aliphatic heterocycles. The topological polar surface area (TPSA) is 47.6 Å². The van der Waals surface area contributed by atoms with E-state index in [0.29, 0.717) is 0 Å². The van der Waals surface area contributed by atoms with Gasteiger partial charge in [-0.1, -0.05) is 6.07 Å². The predicted octanol–water partition coefficient (Wildman–Crippen LogP) is 2.12. The second kappa shape index (κ2) is 8.17. The molecule has 0 aliphatic carbocycles. The van der Waals surface area contributed by atoms with E-state index in [-0.39, 0.29) is 6.04 Å². The lowest BCUT2D eigenvalue weighted by Gasteiger charge is -2.18. The average molecular weight is 285 g/mol. The Morgan fingerprint density at radius 2 is 2.05 bits per heavy atom. The lowest BCUT2D eigenvalue weighted by atomic mass is 10.1. The van der Waals surface area contributed by atoms with Crippen molar-refractivity contribution in [2.24, 2.45) is 0 Å². The molecule has 5 heteroatoms. The van der Waals surface area contributed by atoms with Crippen molar-refractivity contribution in [2.45, 2.75) is 19.4 Å². The third-order valence-electron chi connectivity index (χ3n) is 2.97. The quantitative estimate of drug-likeness (QED) is 0.743. The summed E-state index contributed by atoms with van der Waals surface area (Å²) in [4.78, 5) is 0. The van der Waals surface area contributed by atoms with Crippen molar-refractivity contribution in [3.05, 3.63) is 23.8 Å². The van der Waals surface area contributed by atoms with Crippen LogP contribution in [0.5, 0.6) is 11.5 Å². The van der Waals surface area contributed by atoms with Crippen LogP contribution in [0, 0.1) is 0 Å². The molecule has 0 amide bonds. The van der Waals surface area contributed by atoms with Crippen LogP contribution in [0.25, 0.3) is 0 Å². The van der Waals surface area contributed by atoms with Gasteiger partial charge in [0.25, 0.3) is 0 Å². The highest BCUT2D eigenvalue weighted by molar-refractivity contribution is 7.84. The SMILES string of the molecule is COc1ccc(C(C)NCCCS(C)=O)c(OC)c1. The van der Waals surface area contributed by atoms with Gasteiger partial charge in [-0.3, -0.25) is 4.21 Å². The molecule has 0 radical (unpaired) electrons. The molecule has 1 rings (SSSR count). The van der Waals surface area contributed by atoms with Crippen LogP contribution in [0.4, 0.5) is 0 Å². The van der Waals surface area contributed by atoms with Gasteiger partial charge in [0.15, 0.2) is 0 Å². The van der Waals surface area contributed by atoms with Gasteiger partial charge in [0.05, 0.1) is 14.2 Å². The number of ether oxygens (including phenoxy) is 2. The molecule has 108 valence electrons. The number of hydrogen-bond acceptors (Lipinski definition) is 4. The molecular weight excluding hydrogens is 262 g/mol. The normalized spacial score (nSPS) is 13.9. The minimum absolute atomic E-state index is 0.186. The van der Waals surface area contributed by atoms with E-state index in [1.54, 1.807) is 20.5 Å². The Morgan fingerprint density at radius 3 is 2.63 bits per heavy atom. The van der Waals surface area contributed by atoms with E-state index in [1.165, 1.54) is 0 Å². The number of nitrogens with one attached hydrogen (secondary N) is 1. The fourth-order valence-electron chi connectivity index (χ4n) is 1.88. The van der Waals surface area contributed by atoms with Crippen molar-refractivity contribution in [3.63, 3.8) is 0 Å². The maximum Gasteiger partial charge on any atom is 0.127 e. The molecule has 2 atom stereocenters. The van der Waals surface area contributed by atoms with Gasteiger partial charge >= 0.3 is 0 Å². The zero-order valence-electron chi connectivity index (χ0n) is 12.1. The predicted molar refractivity (Wildman–Crippen MR) is 79.5 cm³/mol. The van der Waals surface area contributed by atoms with Crippen molar-refractivity contribution in [2.75, 3.05) is 32.8 Å². The Kier molecular flexibility index (Phi) is 6.87. The lowest BCUT2D eigenvalue weighted by Crippen LogP contribution is -2.21. The molecule has 1 N–H and O–H groups in total. The summed E-state index contributed by atoms with van der Waals surface area (Å²) in [7, 11) is 2.58. The van der Waals surface area contributed by atoms with E-state index < -0.39 is 10.8 Å². The second-order valence-electron chi connectivity index (χ2n) is 4.41. The minimum Gasteiger partial charge on any atom is -0.497 e. The smallest absolute Gasteiger partial charge is 0.127 e. The van der Waals surface area contributed by atoms with E-state index in [2.05, 4.69) is 12.2 Å². The van der Waals surface area contributed by atoms with Gasteiger partial charge in [-0.25, -0.2) is 0 Å². The second-order valence-corrected chi connectivity index (χ2v) is 5.97. The molecule has 0 saturated heterocycles. The molecule has 19 heavy (non-hydrogen) atoms. The van der Waals surface area contributed by atoms with Crippen LogP contribution in [0.3, 0.4) is 0 Å². The molecule has 0 fully saturated rings. The molecule has 0 bridgehead atoms. The van der Waals surface area contributed by atoms with E-state index >= 15 is 0 Å². The van der Waals surface area contributed by atoms with Crippen molar-refractivity contribution < 1.29 is 13.7 Å². The van der Waals surface area contributed by atoms with Crippen molar-refractivity contribution in [1.82, 2.24) is 5.32 Å². The zero-order valence-corrected chi connectivity index (χ0v) is 12.9. The first kappa shape index (κ1) is 16.0. The summed E-state index contributed by atoms with van der Waals surface area (Å²) < 4.78 is 21.5. The van der Waals surface area contributed by atoms with Gasteiger partial charge in [-0.2, -0.15) is 0 Å². The van der Waals surface area contributed by atoms with Crippen LogP contribution in [0.1, 0.15) is 24.9 Å². The average Bonchev–Trinajstić information content (AvgIpc) is 2.42. The fraction of sp³-hybridized carbons (Fsp3) is 0.571. The van der Waals surface area contributed by atoms with Crippen LogP contribution in [-0.4, -0.2) is 37.0 Å². The summed E-state index contributed by atoms with van der Waals surface area (Å²) in [5, 5.41) is 3.41. The molecule has 0 saturated carbocycles. The van der Waals surface area contributed by atoms with Crippen LogP contribution >= 0.6 is 0 Å². The standard InChI is InChI=1S/C14H23NO3S/c1-11(15-8-5-9-19(4)16)13-7-6-12(17-2)10-14(13)18-3/h6-7,10-11,15H,5,8-9H2,1-4H3. The van der Waals surface area contributed by atoms with E-state index in [1.807, 2.05) is 18.2 Å². The van der Waals surface area contributed by atoms with Crippen LogP contribution in [0.15, 0.2) is 18.2 Å². The van der Waals surface area contributed by atoms with Crippen LogP contribution in [0.2, 0.25) is 0 Å². The Labute approximate surface area is 118 Å². The first-order valence-electron chi connectivity index (χ1n) is 6.33. The molecule has 0 aliphatic rings. The minimum atomic E-state index is -0.716. The fourth-order valence-corrected chi connectivity index (χ4v) is 2.43. The summed E-state index contributed by atoms with van der Waals surface area (Å²) in [5.74, 6) is 2.34.